The summed E-state index contributed by atoms with van der Waals surface area (Å²) < 4.78 is 16.6. The Hall–Kier alpha value is -0.920. The summed E-state index contributed by atoms with van der Waals surface area (Å²) in [6, 6.07) is 10.1. The van der Waals surface area contributed by atoms with E-state index in [2.05, 4.69) is 12.1 Å². The van der Waals surface area contributed by atoms with Crippen molar-refractivity contribution in [3.05, 3.63) is 35.9 Å². The van der Waals surface area contributed by atoms with Gasteiger partial charge in [0.05, 0.1) is 6.16 Å². The maximum Gasteiger partial charge on any atom is 0.207 e. The molecule has 0 aromatic heterocycles. The second kappa shape index (κ2) is 6.86. The largest absolute Gasteiger partial charge is 0.332 e. The zero-order valence-corrected chi connectivity index (χ0v) is 12.2. The van der Waals surface area contributed by atoms with Gasteiger partial charge in [-0.2, -0.15) is 0 Å². The number of Topliss-reactive ketones (excluding diaryl/α,β-unsaturated/α-hetero) is 1. The fraction of sp³-hybridized carbons (Fsp3) is 0.500. The molecule has 100 valence electrons. The van der Waals surface area contributed by atoms with Gasteiger partial charge in [0.1, 0.15) is 5.78 Å². The number of rotatable bonds is 7. The van der Waals surface area contributed by atoms with E-state index >= 15 is 0 Å². The van der Waals surface area contributed by atoms with Crippen LogP contribution in [0.3, 0.4) is 0 Å². The van der Waals surface area contributed by atoms with Crippen LogP contribution >= 0.6 is 7.37 Å². The lowest BCUT2D eigenvalue weighted by Gasteiger charge is -2.14. The molecule has 4 heteroatoms. The van der Waals surface area contributed by atoms with Gasteiger partial charge in [0.25, 0.3) is 0 Å². The third kappa shape index (κ3) is 5.16. The molecule has 0 radical (unpaired) electrons. The molecule has 0 aliphatic heterocycles. The van der Waals surface area contributed by atoms with Crippen molar-refractivity contribution in [2.45, 2.75) is 19.8 Å². The Morgan fingerprint density at radius 1 is 1.33 bits per heavy atom. The first-order chi connectivity index (χ1) is 8.44. The van der Waals surface area contributed by atoms with E-state index in [9.17, 15) is 9.36 Å². The highest BCUT2D eigenvalue weighted by Gasteiger charge is 2.23. The molecule has 18 heavy (non-hydrogen) atoms. The maximum atomic E-state index is 11.9. The zero-order valence-electron chi connectivity index (χ0n) is 11.3. The Labute approximate surface area is 109 Å². The van der Waals surface area contributed by atoms with E-state index in [1.54, 1.807) is 0 Å². The molecule has 0 aliphatic rings. The summed E-state index contributed by atoms with van der Waals surface area (Å²) in [6.45, 7) is 3.40. The Morgan fingerprint density at radius 3 is 2.50 bits per heavy atom. The van der Waals surface area contributed by atoms with Crippen molar-refractivity contribution < 1.29 is 13.9 Å². The minimum absolute atomic E-state index is 0.0265. The molecule has 0 amide bonds. The van der Waals surface area contributed by atoms with Gasteiger partial charge >= 0.3 is 0 Å². The van der Waals surface area contributed by atoms with E-state index in [0.29, 0.717) is 0 Å². The van der Waals surface area contributed by atoms with E-state index in [1.807, 2.05) is 25.1 Å². The van der Waals surface area contributed by atoms with Crippen LogP contribution in [0.1, 0.15) is 18.9 Å². The standard InChI is InChI=1S/C14H21O3P/c1-12(14(15)11-18(3,16)17-2)9-10-13-7-5-4-6-8-13/h4-8,12H,9-11H2,1-3H3/t12-,18?/m0/s1. The molecular formula is C14H21O3P. The van der Waals surface area contributed by atoms with Crippen molar-refractivity contribution >= 4 is 13.2 Å². The summed E-state index contributed by atoms with van der Waals surface area (Å²) >= 11 is 0. The SMILES string of the molecule is COP(C)(=O)CC(=O)[C@@H](C)CCc1ccccc1. The molecule has 2 atom stereocenters. The van der Waals surface area contributed by atoms with Crippen molar-refractivity contribution in [2.24, 2.45) is 5.92 Å². The molecule has 0 spiro atoms. The molecule has 0 fully saturated rings. The van der Waals surface area contributed by atoms with Gasteiger partial charge in [0.15, 0.2) is 0 Å². The topological polar surface area (TPSA) is 43.4 Å². The van der Waals surface area contributed by atoms with Gasteiger partial charge in [-0.05, 0) is 18.4 Å². The first-order valence-corrected chi connectivity index (χ1v) is 8.39. The van der Waals surface area contributed by atoms with Crippen LogP contribution in [0.2, 0.25) is 0 Å². The molecule has 1 aromatic rings. The van der Waals surface area contributed by atoms with Crippen molar-refractivity contribution in [2.75, 3.05) is 19.9 Å². The fourth-order valence-corrected chi connectivity index (χ4v) is 2.70. The van der Waals surface area contributed by atoms with Crippen LogP contribution in [0.25, 0.3) is 0 Å². The molecule has 0 bridgehead atoms. The first kappa shape index (κ1) is 15.1. The summed E-state index contributed by atoms with van der Waals surface area (Å²) in [5.41, 5.74) is 1.23. The summed E-state index contributed by atoms with van der Waals surface area (Å²) in [6.07, 6.45) is 1.70. The second-order valence-electron chi connectivity index (χ2n) is 4.75. The number of ketones is 1. The Morgan fingerprint density at radius 2 is 1.94 bits per heavy atom. The second-order valence-corrected chi connectivity index (χ2v) is 7.46. The van der Waals surface area contributed by atoms with Gasteiger partial charge in [-0.25, -0.2) is 0 Å². The number of carbonyl (C=O) groups is 1. The van der Waals surface area contributed by atoms with E-state index in [-0.39, 0.29) is 17.9 Å². The molecule has 0 saturated carbocycles. The van der Waals surface area contributed by atoms with Gasteiger partial charge in [-0.15, -0.1) is 0 Å². The third-order valence-electron chi connectivity index (χ3n) is 3.09. The van der Waals surface area contributed by atoms with E-state index < -0.39 is 7.37 Å². The highest BCUT2D eigenvalue weighted by Crippen LogP contribution is 2.41. The van der Waals surface area contributed by atoms with Gasteiger partial charge in [-0.3, -0.25) is 9.36 Å². The lowest BCUT2D eigenvalue weighted by molar-refractivity contribution is -0.120. The molecule has 1 rings (SSSR count). The molecule has 3 nitrogen and oxygen atoms in total. The van der Waals surface area contributed by atoms with Crippen LogP contribution < -0.4 is 0 Å². The van der Waals surface area contributed by atoms with Crippen LogP contribution in [0, 0.1) is 5.92 Å². The molecule has 0 heterocycles. The van der Waals surface area contributed by atoms with Crippen LogP contribution in [-0.2, 0) is 20.3 Å². The summed E-state index contributed by atoms with van der Waals surface area (Å²) in [7, 11) is -1.34. The molecule has 1 unspecified atom stereocenters. The number of hydrogen-bond donors (Lipinski definition) is 0. The van der Waals surface area contributed by atoms with Crippen molar-refractivity contribution in [3.63, 3.8) is 0 Å². The lowest BCUT2D eigenvalue weighted by Crippen LogP contribution is -2.16. The van der Waals surface area contributed by atoms with Gasteiger partial charge in [-0.1, -0.05) is 37.3 Å². The lowest BCUT2D eigenvalue weighted by atomic mass is 9.98. The van der Waals surface area contributed by atoms with Crippen LogP contribution in [0.15, 0.2) is 30.3 Å². The summed E-state index contributed by atoms with van der Waals surface area (Å²) in [5, 5.41) is 0. The third-order valence-corrected chi connectivity index (χ3v) is 4.75. The monoisotopic (exact) mass is 268 g/mol. The van der Waals surface area contributed by atoms with Crippen molar-refractivity contribution in [3.8, 4) is 0 Å². The Balaban J connectivity index is 2.44. The Kier molecular flexibility index (Phi) is 5.77. The fourth-order valence-electron chi connectivity index (χ4n) is 1.69. The molecule has 0 saturated heterocycles. The quantitative estimate of drug-likeness (QED) is 0.712. The highest BCUT2D eigenvalue weighted by atomic mass is 31.2. The average Bonchev–Trinajstić information content (AvgIpc) is 2.36. The van der Waals surface area contributed by atoms with E-state index in [4.69, 9.17) is 4.52 Å². The van der Waals surface area contributed by atoms with E-state index in [1.165, 1.54) is 19.3 Å². The zero-order chi connectivity index (χ0) is 13.6. The smallest absolute Gasteiger partial charge is 0.207 e. The number of carbonyl (C=O) groups excluding carboxylic acids is 1. The minimum Gasteiger partial charge on any atom is -0.332 e. The van der Waals surface area contributed by atoms with Gasteiger partial charge in [0.2, 0.25) is 7.37 Å². The normalized spacial score (nSPS) is 15.9. The summed E-state index contributed by atoms with van der Waals surface area (Å²) in [5.74, 6) is -0.0488. The number of hydrogen-bond acceptors (Lipinski definition) is 3. The highest BCUT2D eigenvalue weighted by molar-refractivity contribution is 7.59. The molecular weight excluding hydrogens is 247 g/mol. The van der Waals surface area contributed by atoms with Crippen molar-refractivity contribution in [1.82, 2.24) is 0 Å². The van der Waals surface area contributed by atoms with Gasteiger partial charge < -0.3 is 4.52 Å². The maximum absolute atomic E-state index is 11.9. The molecule has 0 aliphatic carbocycles. The predicted molar refractivity (Wildman–Crippen MR) is 74.3 cm³/mol. The summed E-state index contributed by atoms with van der Waals surface area (Å²) in [4.78, 5) is 11.9. The van der Waals surface area contributed by atoms with E-state index in [0.717, 1.165) is 12.8 Å². The predicted octanol–water partition coefficient (Wildman–Crippen LogP) is 3.38. The molecule has 1 aromatic carbocycles. The minimum atomic E-state index is -2.73. The number of benzene rings is 1. The first-order valence-electron chi connectivity index (χ1n) is 6.13. The van der Waals surface area contributed by atoms with Crippen molar-refractivity contribution in [1.29, 1.82) is 0 Å². The Bertz CT molecular complexity index is 428. The van der Waals surface area contributed by atoms with Crippen LogP contribution in [-0.4, -0.2) is 25.7 Å². The van der Waals surface area contributed by atoms with Crippen LogP contribution in [0.5, 0.6) is 0 Å². The number of aryl methyl sites for hydroxylation is 1. The van der Waals surface area contributed by atoms with Gasteiger partial charge in [0, 0.05) is 19.7 Å². The van der Waals surface area contributed by atoms with Crippen LogP contribution in [0.4, 0.5) is 0 Å². The molecule has 0 N–H and O–H groups in total. The average molecular weight is 268 g/mol.